The Hall–Kier alpha value is -2.01. The Bertz CT molecular complexity index is 703. The molecule has 4 nitrogen and oxygen atoms in total. The number of anilines is 2. The minimum absolute atomic E-state index is 0.582. The first-order valence-electron chi connectivity index (χ1n) is 7.18. The fourth-order valence-corrected chi connectivity index (χ4v) is 2.51. The first-order valence-corrected chi connectivity index (χ1v) is 8.66. The van der Waals surface area contributed by atoms with Crippen LogP contribution < -0.4 is 10.0 Å². The molecule has 2 N–H and O–H groups in total. The standard InChI is InChI=1S/C17H22N2O2S/c1-17(2,3)22(20,21)19-16-11-9-14(10-12-16)13-18-15-7-5-4-6-8-15/h4-12,18-19H,13H2,1-3H3. The summed E-state index contributed by atoms with van der Waals surface area (Å²) in [6.07, 6.45) is 0. The van der Waals surface area contributed by atoms with Crippen molar-refractivity contribution < 1.29 is 8.42 Å². The van der Waals surface area contributed by atoms with Gasteiger partial charge in [0.2, 0.25) is 10.0 Å². The van der Waals surface area contributed by atoms with Crippen LogP contribution in [0.3, 0.4) is 0 Å². The van der Waals surface area contributed by atoms with Gasteiger partial charge in [-0.05, 0) is 50.6 Å². The molecule has 0 saturated carbocycles. The van der Waals surface area contributed by atoms with Gasteiger partial charge in [-0.25, -0.2) is 8.42 Å². The summed E-state index contributed by atoms with van der Waals surface area (Å²) in [5, 5.41) is 3.31. The van der Waals surface area contributed by atoms with Crippen molar-refractivity contribution in [3.63, 3.8) is 0 Å². The van der Waals surface area contributed by atoms with Gasteiger partial charge in [0.25, 0.3) is 0 Å². The molecule has 2 aromatic rings. The summed E-state index contributed by atoms with van der Waals surface area (Å²) in [5.74, 6) is 0. The summed E-state index contributed by atoms with van der Waals surface area (Å²) in [5.41, 5.74) is 2.72. The third-order valence-corrected chi connectivity index (χ3v) is 5.40. The second-order valence-corrected chi connectivity index (χ2v) is 8.57. The fraction of sp³-hybridized carbons (Fsp3) is 0.294. The third-order valence-electron chi connectivity index (χ3n) is 3.28. The second kappa shape index (κ2) is 6.40. The zero-order valence-corrected chi connectivity index (χ0v) is 13.9. The van der Waals surface area contributed by atoms with Crippen molar-refractivity contribution in [1.29, 1.82) is 0 Å². The predicted molar refractivity (Wildman–Crippen MR) is 92.5 cm³/mol. The highest BCUT2D eigenvalue weighted by atomic mass is 32.2. The van der Waals surface area contributed by atoms with Gasteiger partial charge in [0.05, 0.1) is 4.75 Å². The largest absolute Gasteiger partial charge is 0.381 e. The molecule has 0 saturated heterocycles. The Labute approximate surface area is 132 Å². The summed E-state index contributed by atoms with van der Waals surface area (Å²) in [6.45, 7) is 5.71. The lowest BCUT2D eigenvalue weighted by Gasteiger charge is -2.20. The first kappa shape index (κ1) is 16.4. The Morgan fingerprint density at radius 3 is 2.00 bits per heavy atom. The molecule has 0 aliphatic rings. The maximum atomic E-state index is 12.1. The third kappa shape index (κ3) is 4.24. The van der Waals surface area contributed by atoms with Crippen LogP contribution in [-0.4, -0.2) is 13.2 Å². The molecule has 0 aromatic heterocycles. The summed E-state index contributed by atoms with van der Waals surface area (Å²) < 4.78 is 26.0. The van der Waals surface area contributed by atoms with Crippen LogP contribution in [-0.2, 0) is 16.6 Å². The number of hydrogen-bond donors (Lipinski definition) is 2. The van der Waals surface area contributed by atoms with Gasteiger partial charge in [-0.2, -0.15) is 0 Å². The highest BCUT2D eigenvalue weighted by molar-refractivity contribution is 7.94. The topological polar surface area (TPSA) is 58.2 Å². The molecule has 118 valence electrons. The molecule has 0 atom stereocenters. The zero-order valence-electron chi connectivity index (χ0n) is 13.1. The molecule has 0 unspecified atom stereocenters. The molecule has 22 heavy (non-hydrogen) atoms. The van der Waals surface area contributed by atoms with E-state index >= 15 is 0 Å². The normalized spacial score (nSPS) is 12.0. The number of nitrogens with one attached hydrogen (secondary N) is 2. The molecule has 0 bridgehead atoms. The van der Waals surface area contributed by atoms with Crippen LogP contribution in [0.4, 0.5) is 11.4 Å². The maximum absolute atomic E-state index is 12.1. The summed E-state index contributed by atoms with van der Waals surface area (Å²) in [6, 6.07) is 17.3. The Balaban J connectivity index is 1.99. The summed E-state index contributed by atoms with van der Waals surface area (Å²) >= 11 is 0. The second-order valence-electron chi connectivity index (χ2n) is 6.13. The summed E-state index contributed by atoms with van der Waals surface area (Å²) in [7, 11) is -3.38. The van der Waals surface area contributed by atoms with Gasteiger partial charge in [-0.1, -0.05) is 30.3 Å². The van der Waals surface area contributed by atoms with Gasteiger partial charge in [-0.3, -0.25) is 4.72 Å². The molecule has 0 amide bonds. The van der Waals surface area contributed by atoms with E-state index in [1.165, 1.54) is 0 Å². The van der Waals surface area contributed by atoms with Crippen LogP contribution in [0.1, 0.15) is 26.3 Å². The lowest BCUT2D eigenvalue weighted by atomic mass is 10.2. The number of sulfonamides is 1. The van der Waals surface area contributed by atoms with E-state index in [1.807, 2.05) is 42.5 Å². The zero-order chi connectivity index (χ0) is 16.2. The van der Waals surface area contributed by atoms with Gasteiger partial charge in [-0.15, -0.1) is 0 Å². The van der Waals surface area contributed by atoms with Crippen LogP contribution in [0.5, 0.6) is 0 Å². The monoisotopic (exact) mass is 318 g/mol. The minimum Gasteiger partial charge on any atom is -0.381 e. The van der Waals surface area contributed by atoms with E-state index in [1.54, 1.807) is 32.9 Å². The summed E-state index contributed by atoms with van der Waals surface area (Å²) in [4.78, 5) is 0. The van der Waals surface area contributed by atoms with Crippen molar-refractivity contribution in [3.05, 3.63) is 60.2 Å². The van der Waals surface area contributed by atoms with Crippen molar-refractivity contribution in [2.45, 2.75) is 32.1 Å². The van der Waals surface area contributed by atoms with E-state index in [0.29, 0.717) is 12.2 Å². The van der Waals surface area contributed by atoms with Crippen molar-refractivity contribution in [2.24, 2.45) is 0 Å². The lowest BCUT2D eigenvalue weighted by molar-refractivity contribution is 0.566. The molecule has 0 aliphatic heterocycles. The van der Waals surface area contributed by atoms with Gasteiger partial charge < -0.3 is 5.32 Å². The highest BCUT2D eigenvalue weighted by Crippen LogP contribution is 2.20. The Morgan fingerprint density at radius 1 is 0.864 bits per heavy atom. The van der Waals surface area contributed by atoms with Crippen LogP contribution in [0.15, 0.2) is 54.6 Å². The molecule has 2 aromatic carbocycles. The number of para-hydroxylation sites is 1. The van der Waals surface area contributed by atoms with E-state index in [4.69, 9.17) is 0 Å². The van der Waals surface area contributed by atoms with Crippen LogP contribution in [0.25, 0.3) is 0 Å². The number of hydrogen-bond acceptors (Lipinski definition) is 3. The van der Waals surface area contributed by atoms with Crippen molar-refractivity contribution in [2.75, 3.05) is 10.0 Å². The average Bonchev–Trinajstić information content (AvgIpc) is 2.46. The average molecular weight is 318 g/mol. The van der Waals surface area contributed by atoms with E-state index in [0.717, 1.165) is 11.3 Å². The SMILES string of the molecule is CC(C)(C)S(=O)(=O)Nc1ccc(CNc2ccccc2)cc1. The highest BCUT2D eigenvalue weighted by Gasteiger charge is 2.28. The van der Waals surface area contributed by atoms with Crippen molar-refractivity contribution in [1.82, 2.24) is 0 Å². The number of benzene rings is 2. The van der Waals surface area contributed by atoms with Gasteiger partial charge >= 0.3 is 0 Å². The van der Waals surface area contributed by atoms with Crippen molar-refractivity contribution >= 4 is 21.4 Å². The van der Waals surface area contributed by atoms with Crippen LogP contribution in [0, 0.1) is 0 Å². The predicted octanol–water partition coefficient (Wildman–Crippen LogP) is 3.84. The molecule has 0 radical (unpaired) electrons. The molecule has 5 heteroatoms. The van der Waals surface area contributed by atoms with E-state index in [9.17, 15) is 8.42 Å². The molecule has 0 spiro atoms. The molecular formula is C17H22N2O2S. The van der Waals surface area contributed by atoms with E-state index < -0.39 is 14.8 Å². The van der Waals surface area contributed by atoms with Crippen molar-refractivity contribution in [3.8, 4) is 0 Å². The van der Waals surface area contributed by atoms with Gasteiger partial charge in [0.1, 0.15) is 0 Å². The molecule has 0 fully saturated rings. The molecule has 2 rings (SSSR count). The smallest absolute Gasteiger partial charge is 0.237 e. The van der Waals surface area contributed by atoms with E-state index in [-0.39, 0.29) is 0 Å². The first-order chi connectivity index (χ1) is 10.3. The Morgan fingerprint density at radius 2 is 1.45 bits per heavy atom. The molecular weight excluding hydrogens is 296 g/mol. The molecule has 0 heterocycles. The van der Waals surface area contributed by atoms with Gasteiger partial charge in [0, 0.05) is 17.9 Å². The number of rotatable bonds is 5. The lowest BCUT2D eigenvalue weighted by Crippen LogP contribution is -2.33. The fourth-order valence-electron chi connectivity index (χ4n) is 1.76. The van der Waals surface area contributed by atoms with E-state index in [2.05, 4.69) is 10.0 Å². The maximum Gasteiger partial charge on any atom is 0.237 e. The van der Waals surface area contributed by atoms with Gasteiger partial charge in [0.15, 0.2) is 0 Å². The van der Waals surface area contributed by atoms with Crippen LogP contribution in [0.2, 0.25) is 0 Å². The minimum atomic E-state index is -3.38. The van der Waals surface area contributed by atoms with Crippen LogP contribution >= 0.6 is 0 Å². The molecule has 0 aliphatic carbocycles. The Kier molecular flexibility index (Phi) is 4.76. The quantitative estimate of drug-likeness (QED) is 0.880.